The highest BCUT2D eigenvalue weighted by Gasteiger charge is 2.77. The first-order valence-corrected chi connectivity index (χ1v) is 7.42. The summed E-state index contributed by atoms with van der Waals surface area (Å²) < 4.78 is 12.5. The van der Waals surface area contributed by atoms with Gasteiger partial charge in [-0.2, -0.15) is 0 Å². The summed E-state index contributed by atoms with van der Waals surface area (Å²) in [5.41, 5.74) is -0.266. The zero-order chi connectivity index (χ0) is 14.2. The van der Waals surface area contributed by atoms with E-state index in [0.717, 1.165) is 25.1 Å². The Morgan fingerprint density at radius 2 is 1.45 bits per heavy atom. The number of nitrogens with zero attached hydrogens (tertiary/aromatic N) is 2. The fraction of sp³-hybridized carbons (Fsp3) is 0.733. The van der Waals surface area contributed by atoms with Gasteiger partial charge in [0, 0.05) is 23.1 Å². The van der Waals surface area contributed by atoms with E-state index in [9.17, 15) is 0 Å². The predicted molar refractivity (Wildman–Crippen MR) is 76.3 cm³/mol. The van der Waals surface area contributed by atoms with E-state index in [0.29, 0.717) is 0 Å². The largest absolute Gasteiger partial charge is 0.464 e. The zero-order valence-corrected chi connectivity index (χ0v) is 12.6. The molecule has 106 valence electrons. The lowest BCUT2D eigenvalue weighted by molar-refractivity contribution is -0.0446. The van der Waals surface area contributed by atoms with Crippen molar-refractivity contribution in [1.82, 2.24) is 9.97 Å². The Hall–Kier alpha value is -0.935. The van der Waals surface area contributed by atoms with E-state index < -0.39 is 0 Å². The second kappa shape index (κ2) is 3.45. The molecule has 3 aliphatic carbocycles. The predicted octanol–water partition coefficient (Wildman–Crippen LogP) is 2.74. The van der Waals surface area contributed by atoms with Gasteiger partial charge in [-0.05, 0) is 53.0 Å². The second-order valence-electron chi connectivity index (χ2n) is 7.83. The van der Waals surface area contributed by atoms with Gasteiger partial charge in [-0.3, -0.25) is 0 Å². The highest BCUT2D eigenvalue weighted by molar-refractivity contribution is 6.51. The Kier molecular flexibility index (Phi) is 2.20. The van der Waals surface area contributed by atoms with Gasteiger partial charge < -0.3 is 9.31 Å². The van der Waals surface area contributed by atoms with E-state index >= 15 is 0 Å². The maximum atomic E-state index is 6.23. The summed E-state index contributed by atoms with van der Waals surface area (Å²) in [5.74, 6) is 0.999. The van der Waals surface area contributed by atoms with Crippen molar-refractivity contribution in [1.29, 1.82) is 0 Å². The fourth-order valence-electron chi connectivity index (χ4n) is 4.02. The lowest BCUT2D eigenvalue weighted by Gasteiger charge is -2.69. The highest BCUT2D eigenvalue weighted by atomic mass is 16.7. The smallest absolute Gasteiger partial charge is 0.403 e. The third kappa shape index (κ3) is 1.40. The lowest BCUT2D eigenvalue weighted by Crippen LogP contribution is -2.67. The molecule has 0 radical (unpaired) electrons. The SMILES string of the molecule is CC1(C)OB(C23CC(c4ncccn4)(C2)C3)OC1(C)C. The highest BCUT2D eigenvalue weighted by Crippen LogP contribution is 2.80. The third-order valence-corrected chi connectivity index (χ3v) is 5.86. The van der Waals surface area contributed by atoms with Crippen LogP contribution in [0.2, 0.25) is 5.31 Å². The summed E-state index contributed by atoms with van der Waals surface area (Å²) in [5, 5.41) is 0.199. The van der Waals surface area contributed by atoms with Gasteiger partial charge in [0.2, 0.25) is 0 Å². The maximum Gasteiger partial charge on any atom is 0.464 e. The first-order valence-electron chi connectivity index (χ1n) is 7.42. The van der Waals surface area contributed by atoms with Crippen molar-refractivity contribution in [3.05, 3.63) is 24.3 Å². The third-order valence-electron chi connectivity index (χ3n) is 5.86. The van der Waals surface area contributed by atoms with Gasteiger partial charge in [-0.15, -0.1) is 0 Å². The van der Waals surface area contributed by atoms with E-state index in [2.05, 4.69) is 37.7 Å². The fourth-order valence-corrected chi connectivity index (χ4v) is 4.02. The van der Waals surface area contributed by atoms with Crippen molar-refractivity contribution >= 4 is 7.12 Å². The van der Waals surface area contributed by atoms with Crippen LogP contribution in [0.5, 0.6) is 0 Å². The average Bonchev–Trinajstić information content (AvgIpc) is 2.45. The summed E-state index contributed by atoms with van der Waals surface area (Å²) in [4.78, 5) is 8.87. The van der Waals surface area contributed by atoms with Gasteiger partial charge in [0.1, 0.15) is 5.82 Å². The van der Waals surface area contributed by atoms with Crippen LogP contribution in [0, 0.1) is 0 Å². The molecule has 3 saturated carbocycles. The van der Waals surface area contributed by atoms with Gasteiger partial charge in [0.25, 0.3) is 0 Å². The number of hydrogen-bond acceptors (Lipinski definition) is 4. The minimum Gasteiger partial charge on any atom is -0.403 e. The molecule has 1 aromatic heterocycles. The molecule has 0 N–H and O–H groups in total. The van der Waals surface area contributed by atoms with Crippen LogP contribution in [0.4, 0.5) is 0 Å². The number of aromatic nitrogens is 2. The summed E-state index contributed by atoms with van der Waals surface area (Å²) >= 11 is 0. The van der Waals surface area contributed by atoms with Crippen LogP contribution in [0.3, 0.4) is 0 Å². The Morgan fingerprint density at radius 3 is 1.95 bits per heavy atom. The summed E-state index contributed by atoms with van der Waals surface area (Å²) in [7, 11) is -0.0712. The number of rotatable bonds is 2. The Bertz CT molecular complexity index is 522. The molecule has 4 aliphatic rings. The molecule has 0 atom stereocenters. The standard InChI is InChI=1S/C15H21BN2O2/c1-12(2)13(3,4)20-16(19-12)15-8-14(9-15,10-15)11-17-6-5-7-18-11/h5-7H,8-10H2,1-4H3. The van der Waals surface area contributed by atoms with Crippen molar-refractivity contribution < 1.29 is 9.31 Å². The molecule has 2 heterocycles. The molecule has 1 aromatic rings. The first kappa shape index (κ1) is 12.8. The van der Waals surface area contributed by atoms with Crippen LogP contribution in [0.15, 0.2) is 18.5 Å². The molecule has 1 saturated heterocycles. The van der Waals surface area contributed by atoms with Gasteiger partial charge in [0.05, 0.1) is 11.2 Å². The molecule has 0 spiro atoms. The van der Waals surface area contributed by atoms with Crippen LogP contribution in [0.25, 0.3) is 0 Å². The normalized spacial score (nSPS) is 40.1. The molecule has 0 aromatic carbocycles. The maximum absolute atomic E-state index is 6.23. The van der Waals surface area contributed by atoms with E-state index in [1.54, 1.807) is 0 Å². The van der Waals surface area contributed by atoms with Crippen LogP contribution < -0.4 is 0 Å². The van der Waals surface area contributed by atoms with E-state index in [4.69, 9.17) is 9.31 Å². The lowest BCUT2D eigenvalue weighted by atomic mass is 9.24. The molecular weight excluding hydrogens is 251 g/mol. The Labute approximate surface area is 120 Å². The van der Waals surface area contributed by atoms with Crippen molar-refractivity contribution in [3.63, 3.8) is 0 Å². The van der Waals surface area contributed by atoms with Crippen LogP contribution in [-0.4, -0.2) is 28.3 Å². The average molecular weight is 272 g/mol. The van der Waals surface area contributed by atoms with Crippen LogP contribution in [0.1, 0.15) is 52.8 Å². The summed E-state index contributed by atoms with van der Waals surface area (Å²) in [6, 6.07) is 1.87. The minimum absolute atomic E-state index is 0.0712. The van der Waals surface area contributed by atoms with Crippen molar-refractivity contribution in [3.8, 4) is 0 Å². The topological polar surface area (TPSA) is 44.2 Å². The molecule has 4 fully saturated rings. The molecule has 0 amide bonds. The molecule has 4 nitrogen and oxygen atoms in total. The van der Waals surface area contributed by atoms with Gasteiger partial charge >= 0.3 is 7.12 Å². The van der Waals surface area contributed by atoms with E-state index in [1.807, 2.05) is 18.5 Å². The summed E-state index contributed by atoms with van der Waals surface area (Å²) in [6.07, 6.45) is 6.97. The number of hydrogen-bond donors (Lipinski definition) is 0. The Balaban J connectivity index is 1.51. The van der Waals surface area contributed by atoms with Gasteiger partial charge in [-0.25, -0.2) is 9.97 Å². The molecule has 1 aliphatic heterocycles. The minimum atomic E-state index is -0.233. The molecule has 2 bridgehead atoms. The van der Waals surface area contributed by atoms with Crippen LogP contribution in [-0.2, 0) is 14.7 Å². The first-order chi connectivity index (χ1) is 9.29. The van der Waals surface area contributed by atoms with Gasteiger partial charge in [-0.1, -0.05) is 0 Å². The molecule has 5 rings (SSSR count). The van der Waals surface area contributed by atoms with Gasteiger partial charge in [0.15, 0.2) is 0 Å². The molecule has 0 unspecified atom stereocenters. The summed E-state index contributed by atoms with van der Waals surface area (Å²) in [6.45, 7) is 8.48. The zero-order valence-electron chi connectivity index (χ0n) is 12.6. The molecule has 5 heteroatoms. The van der Waals surface area contributed by atoms with E-state index in [1.165, 1.54) is 0 Å². The van der Waals surface area contributed by atoms with Crippen molar-refractivity contribution in [2.24, 2.45) is 0 Å². The van der Waals surface area contributed by atoms with Crippen LogP contribution >= 0.6 is 0 Å². The Morgan fingerprint density at radius 1 is 0.950 bits per heavy atom. The van der Waals surface area contributed by atoms with Crippen molar-refractivity contribution in [2.45, 2.75) is 68.9 Å². The molecule has 20 heavy (non-hydrogen) atoms. The monoisotopic (exact) mass is 272 g/mol. The quantitative estimate of drug-likeness (QED) is 0.776. The van der Waals surface area contributed by atoms with E-state index in [-0.39, 0.29) is 29.0 Å². The van der Waals surface area contributed by atoms with Crippen molar-refractivity contribution in [2.75, 3.05) is 0 Å². The second-order valence-corrected chi connectivity index (χ2v) is 7.83. The molecular formula is C15H21BN2O2.